The van der Waals surface area contributed by atoms with Crippen molar-refractivity contribution in [2.24, 2.45) is 0 Å². The Bertz CT molecular complexity index is 1170. The topological polar surface area (TPSA) is 67.8 Å². The van der Waals surface area contributed by atoms with E-state index in [0.717, 1.165) is 30.3 Å². The lowest BCUT2D eigenvalue weighted by Crippen LogP contribution is -2.12. The number of alkyl halides is 3. The summed E-state index contributed by atoms with van der Waals surface area (Å²) in [5.41, 5.74) is 1.64. The third-order valence-corrected chi connectivity index (χ3v) is 5.66. The minimum atomic E-state index is -4.45. The van der Waals surface area contributed by atoms with Gasteiger partial charge in [-0.25, -0.2) is 4.98 Å². The van der Waals surface area contributed by atoms with Crippen LogP contribution in [0.2, 0.25) is 0 Å². The summed E-state index contributed by atoms with van der Waals surface area (Å²) in [6.07, 6.45) is -2.93. The first kappa shape index (κ1) is 22.9. The molecule has 0 aliphatic heterocycles. The standard InChI is InChI=1S/C22H22F3N3O2S/c1-4-6-16-11-20(30)27-21(26-16)31-12-19(29)18-9-13(2)28(14(18)3)17-8-5-7-15(10-17)22(23,24)25/h5,7-11H,4,6,12H2,1-3H3,(H,26,27,30). The van der Waals surface area contributed by atoms with Crippen LogP contribution in [-0.2, 0) is 12.6 Å². The van der Waals surface area contributed by atoms with Crippen molar-refractivity contribution in [2.45, 2.75) is 44.9 Å². The van der Waals surface area contributed by atoms with E-state index in [0.29, 0.717) is 39.9 Å². The van der Waals surface area contributed by atoms with E-state index in [2.05, 4.69) is 9.97 Å². The quantitative estimate of drug-likeness (QED) is 0.309. The Kier molecular flexibility index (Phi) is 6.74. The van der Waals surface area contributed by atoms with Crippen LogP contribution in [0.1, 0.15) is 46.3 Å². The third kappa shape index (κ3) is 5.28. The van der Waals surface area contributed by atoms with Gasteiger partial charge in [0.1, 0.15) is 0 Å². The van der Waals surface area contributed by atoms with E-state index in [4.69, 9.17) is 0 Å². The molecular weight excluding hydrogens is 427 g/mol. The molecule has 1 N–H and O–H groups in total. The van der Waals surface area contributed by atoms with Gasteiger partial charge in [-0.3, -0.25) is 9.59 Å². The second kappa shape index (κ2) is 9.13. The molecule has 2 heterocycles. The molecule has 0 radical (unpaired) electrons. The Labute approximate surface area is 181 Å². The molecule has 0 aliphatic carbocycles. The first-order valence-corrected chi connectivity index (χ1v) is 10.7. The van der Waals surface area contributed by atoms with Gasteiger partial charge in [0.2, 0.25) is 0 Å². The molecule has 0 atom stereocenters. The maximum absolute atomic E-state index is 13.1. The predicted molar refractivity (Wildman–Crippen MR) is 114 cm³/mol. The number of aromatic amines is 1. The molecule has 164 valence electrons. The number of carbonyl (C=O) groups excluding carboxylic acids is 1. The van der Waals surface area contributed by atoms with Gasteiger partial charge in [-0.05, 0) is 44.5 Å². The van der Waals surface area contributed by atoms with Crippen molar-refractivity contribution >= 4 is 17.5 Å². The molecule has 0 fully saturated rings. The fraction of sp³-hybridized carbons (Fsp3) is 0.318. The van der Waals surface area contributed by atoms with E-state index < -0.39 is 11.7 Å². The summed E-state index contributed by atoms with van der Waals surface area (Å²) in [7, 11) is 0. The average Bonchev–Trinajstić information content (AvgIpc) is 2.99. The lowest BCUT2D eigenvalue weighted by molar-refractivity contribution is -0.137. The van der Waals surface area contributed by atoms with Crippen LogP contribution in [0.25, 0.3) is 5.69 Å². The zero-order chi connectivity index (χ0) is 22.8. The van der Waals surface area contributed by atoms with Gasteiger partial charge in [-0.15, -0.1) is 0 Å². The van der Waals surface area contributed by atoms with E-state index in [1.807, 2.05) is 6.92 Å². The van der Waals surface area contributed by atoms with Crippen molar-refractivity contribution in [2.75, 3.05) is 5.75 Å². The fourth-order valence-electron chi connectivity index (χ4n) is 3.41. The first-order chi connectivity index (χ1) is 14.6. The van der Waals surface area contributed by atoms with Crippen LogP contribution in [0.3, 0.4) is 0 Å². The number of H-pyrrole nitrogens is 1. The molecule has 9 heteroatoms. The highest BCUT2D eigenvalue weighted by molar-refractivity contribution is 7.99. The number of nitrogens with one attached hydrogen (secondary N) is 1. The number of carbonyl (C=O) groups is 1. The maximum Gasteiger partial charge on any atom is 0.416 e. The van der Waals surface area contributed by atoms with Gasteiger partial charge >= 0.3 is 6.18 Å². The number of rotatable bonds is 7. The van der Waals surface area contributed by atoms with Crippen LogP contribution < -0.4 is 5.56 Å². The average molecular weight is 449 g/mol. The molecule has 0 saturated heterocycles. The second-order valence-electron chi connectivity index (χ2n) is 7.17. The summed E-state index contributed by atoms with van der Waals surface area (Å²) in [6, 6.07) is 8.11. The largest absolute Gasteiger partial charge is 0.416 e. The monoisotopic (exact) mass is 449 g/mol. The van der Waals surface area contributed by atoms with Crippen LogP contribution >= 0.6 is 11.8 Å². The van der Waals surface area contributed by atoms with Crippen molar-refractivity contribution in [3.8, 4) is 5.69 Å². The number of aromatic nitrogens is 3. The Hall–Kier alpha value is -2.81. The Balaban J connectivity index is 1.84. The predicted octanol–water partition coefficient (Wildman–Crippen LogP) is 5.12. The molecule has 0 aliphatic rings. The van der Waals surface area contributed by atoms with Crippen LogP contribution in [0.4, 0.5) is 13.2 Å². The first-order valence-electron chi connectivity index (χ1n) is 9.73. The number of hydrogen-bond donors (Lipinski definition) is 1. The van der Waals surface area contributed by atoms with Gasteiger partial charge in [0.05, 0.1) is 11.3 Å². The molecule has 1 aromatic carbocycles. The number of nitrogens with zero attached hydrogens (tertiary/aromatic N) is 2. The molecule has 3 aromatic rings. The summed E-state index contributed by atoms with van der Waals surface area (Å²) in [6.45, 7) is 5.43. The van der Waals surface area contributed by atoms with E-state index in [1.54, 1.807) is 30.5 Å². The van der Waals surface area contributed by atoms with Crippen LogP contribution in [0.5, 0.6) is 0 Å². The summed E-state index contributed by atoms with van der Waals surface area (Å²) >= 11 is 1.13. The van der Waals surface area contributed by atoms with Crippen molar-refractivity contribution in [1.29, 1.82) is 0 Å². The Morgan fingerprint density at radius 1 is 1.19 bits per heavy atom. The van der Waals surface area contributed by atoms with Crippen molar-refractivity contribution in [3.05, 3.63) is 75.0 Å². The number of Topliss-reactive ketones (excluding diaryl/α,β-unsaturated/α-hetero) is 1. The summed E-state index contributed by atoms with van der Waals surface area (Å²) in [5.74, 6) is -0.148. The minimum Gasteiger partial charge on any atom is -0.318 e. The summed E-state index contributed by atoms with van der Waals surface area (Å²) < 4.78 is 40.9. The van der Waals surface area contributed by atoms with Gasteiger partial charge in [-0.1, -0.05) is 31.2 Å². The number of benzene rings is 1. The minimum absolute atomic E-state index is 0.0470. The zero-order valence-electron chi connectivity index (χ0n) is 17.3. The zero-order valence-corrected chi connectivity index (χ0v) is 18.2. The molecule has 0 spiro atoms. The highest BCUT2D eigenvalue weighted by Crippen LogP contribution is 2.31. The maximum atomic E-state index is 13.1. The van der Waals surface area contributed by atoms with Gasteiger partial charge in [0.25, 0.3) is 5.56 Å². The number of thioether (sulfide) groups is 1. The van der Waals surface area contributed by atoms with Gasteiger partial charge < -0.3 is 9.55 Å². The third-order valence-electron chi connectivity index (χ3n) is 4.78. The smallest absolute Gasteiger partial charge is 0.318 e. The number of ketones is 1. The highest BCUT2D eigenvalue weighted by Gasteiger charge is 2.30. The highest BCUT2D eigenvalue weighted by atomic mass is 32.2. The van der Waals surface area contributed by atoms with Crippen molar-refractivity contribution < 1.29 is 18.0 Å². The number of aryl methyl sites for hydroxylation is 2. The normalized spacial score (nSPS) is 11.7. The molecule has 3 rings (SSSR count). The molecule has 0 saturated carbocycles. The Morgan fingerprint density at radius 3 is 2.61 bits per heavy atom. The molecular formula is C22H22F3N3O2S. The molecule has 0 unspecified atom stereocenters. The summed E-state index contributed by atoms with van der Waals surface area (Å²) in [4.78, 5) is 31.6. The molecule has 0 amide bonds. The van der Waals surface area contributed by atoms with E-state index in [9.17, 15) is 22.8 Å². The van der Waals surface area contributed by atoms with Gasteiger partial charge in [-0.2, -0.15) is 13.2 Å². The second-order valence-corrected chi connectivity index (χ2v) is 8.14. The molecule has 5 nitrogen and oxygen atoms in total. The van der Waals surface area contributed by atoms with Crippen LogP contribution in [0.15, 0.2) is 46.3 Å². The lowest BCUT2D eigenvalue weighted by Gasteiger charge is -2.13. The van der Waals surface area contributed by atoms with Gasteiger partial charge in [0, 0.05) is 34.4 Å². The van der Waals surface area contributed by atoms with Crippen LogP contribution in [0, 0.1) is 13.8 Å². The molecule has 2 aromatic heterocycles. The van der Waals surface area contributed by atoms with Crippen molar-refractivity contribution in [3.63, 3.8) is 0 Å². The number of halogens is 3. The van der Waals surface area contributed by atoms with E-state index in [-0.39, 0.29) is 17.1 Å². The molecule has 0 bridgehead atoms. The van der Waals surface area contributed by atoms with Gasteiger partial charge in [0.15, 0.2) is 10.9 Å². The Morgan fingerprint density at radius 2 is 1.94 bits per heavy atom. The van der Waals surface area contributed by atoms with E-state index >= 15 is 0 Å². The number of hydrogen-bond acceptors (Lipinski definition) is 4. The SMILES string of the molecule is CCCc1cc(=O)[nH]c(SCC(=O)c2cc(C)n(-c3cccc(C(F)(F)F)c3)c2C)n1. The molecule has 31 heavy (non-hydrogen) atoms. The van der Waals surface area contributed by atoms with Crippen molar-refractivity contribution in [1.82, 2.24) is 14.5 Å². The van der Waals surface area contributed by atoms with Crippen LogP contribution in [-0.4, -0.2) is 26.1 Å². The lowest BCUT2D eigenvalue weighted by atomic mass is 10.1. The summed E-state index contributed by atoms with van der Waals surface area (Å²) in [5, 5.41) is 0.371. The van der Waals surface area contributed by atoms with E-state index in [1.165, 1.54) is 12.1 Å². The fourth-order valence-corrected chi connectivity index (χ4v) is 4.19.